The van der Waals surface area contributed by atoms with Gasteiger partial charge in [-0.15, -0.1) is 0 Å². The molecule has 0 amide bonds. The van der Waals surface area contributed by atoms with Crippen molar-refractivity contribution in [1.82, 2.24) is 24.6 Å². The molecule has 7 heteroatoms. The van der Waals surface area contributed by atoms with Gasteiger partial charge in [0.25, 0.3) is 0 Å². The smallest absolute Gasteiger partial charge is 0.182 e. The molecule has 2 aliphatic heterocycles. The third-order valence-corrected chi connectivity index (χ3v) is 9.59. The summed E-state index contributed by atoms with van der Waals surface area (Å²) in [4.78, 5) is 12.3. The van der Waals surface area contributed by atoms with Crippen LogP contribution in [-0.4, -0.2) is 62.1 Å². The first-order valence-electron chi connectivity index (χ1n) is 14.9. The Morgan fingerprint density at radius 1 is 0.949 bits per heavy atom. The number of pyridine rings is 1. The van der Waals surface area contributed by atoms with E-state index in [4.69, 9.17) is 14.8 Å². The van der Waals surface area contributed by atoms with Crippen molar-refractivity contribution in [2.45, 2.75) is 88.8 Å². The van der Waals surface area contributed by atoms with Gasteiger partial charge in [-0.05, 0) is 61.6 Å². The Hall–Kier alpha value is -2.61. The fourth-order valence-corrected chi connectivity index (χ4v) is 6.79. The zero-order chi connectivity index (χ0) is 26.8. The van der Waals surface area contributed by atoms with E-state index in [9.17, 15) is 5.11 Å². The third kappa shape index (κ3) is 4.43. The van der Waals surface area contributed by atoms with Gasteiger partial charge in [-0.2, -0.15) is 5.10 Å². The number of benzene rings is 1. The summed E-state index contributed by atoms with van der Waals surface area (Å²) in [7, 11) is 0. The Kier molecular flexibility index (Phi) is 6.18. The lowest BCUT2D eigenvalue weighted by atomic mass is 9.61. The lowest BCUT2D eigenvalue weighted by Crippen LogP contribution is -2.65. The molecule has 7 nitrogen and oxygen atoms in total. The molecule has 4 fully saturated rings. The van der Waals surface area contributed by atoms with E-state index in [-0.39, 0.29) is 5.41 Å². The topological polar surface area (TPSA) is 76.3 Å². The summed E-state index contributed by atoms with van der Waals surface area (Å²) in [5.74, 6) is 2.63. The molecule has 1 aromatic carbocycles. The van der Waals surface area contributed by atoms with Gasteiger partial charge in [0.05, 0.1) is 6.04 Å². The van der Waals surface area contributed by atoms with Gasteiger partial charge in [0.15, 0.2) is 5.82 Å². The summed E-state index contributed by atoms with van der Waals surface area (Å²) in [5, 5.41) is 17.8. The maximum Gasteiger partial charge on any atom is 0.182 e. The minimum atomic E-state index is -1.17. The van der Waals surface area contributed by atoms with E-state index in [1.165, 1.54) is 31.2 Å². The van der Waals surface area contributed by atoms with Crippen molar-refractivity contribution in [2.24, 2.45) is 5.41 Å². The fraction of sp³-hybridized carbons (Fsp3) is 0.594. The highest BCUT2D eigenvalue weighted by Crippen LogP contribution is 2.53. The van der Waals surface area contributed by atoms with Gasteiger partial charge < -0.3 is 9.84 Å². The van der Waals surface area contributed by atoms with Crippen molar-refractivity contribution in [3.8, 4) is 11.4 Å². The summed E-state index contributed by atoms with van der Waals surface area (Å²) >= 11 is 0. The van der Waals surface area contributed by atoms with Crippen molar-refractivity contribution in [3.05, 3.63) is 65.2 Å². The maximum atomic E-state index is 12.8. The molecule has 2 aliphatic carbocycles. The minimum absolute atomic E-state index is 0.316. The lowest BCUT2D eigenvalue weighted by molar-refractivity contribution is -0.138. The van der Waals surface area contributed by atoms with Crippen LogP contribution in [0.5, 0.6) is 0 Å². The Labute approximate surface area is 231 Å². The summed E-state index contributed by atoms with van der Waals surface area (Å²) in [6.07, 6.45) is 10.6. The van der Waals surface area contributed by atoms with E-state index >= 15 is 0 Å². The zero-order valence-electron chi connectivity index (χ0n) is 23.5. The van der Waals surface area contributed by atoms with Crippen molar-refractivity contribution < 1.29 is 9.84 Å². The number of rotatable bonds is 8. The predicted octanol–water partition coefficient (Wildman–Crippen LogP) is 5.41. The van der Waals surface area contributed by atoms with Crippen LogP contribution in [0.3, 0.4) is 0 Å². The van der Waals surface area contributed by atoms with Crippen LogP contribution in [0.1, 0.15) is 99.7 Å². The second-order valence-electron chi connectivity index (χ2n) is 13.0. The summed E-state index contributed by atoms with van der Waals surface area (Å²) in [6, 6.07) is 11.8. The molecule has 0 spiro atoms. The second kappa shape index (κ2) is 9.50. The van der Waals surface area contributed by atoms with E-state index in [0.717, 1.165) is 61.7 Å². The SMILES string of the molecule is CC(C)c1ccc([C@](O)(c2cncc(-c3nc(C4CCOCC4)n(C4CC4)n3)c2)C2(C)CN(C3CC3)C2)cc1. The number of aliphatic hydroxyl groups is 1. The molecule has 1 atom stereocenters. The third-order valence-electron chi connectivity index (χ3n) is 9.59. The molecule has 7 rings (SSSR count). The number of hydrogen-bond donors (Lipinski definition) is 1. The standard InChI is InChI=1S/C32H41N5O2/c1-21(2)22-4-6-25(7-5-22)32(38,31(3)19-36(20-31)27-8-9-27)26-16-24(17-33-18-26)29-34-30(23-12-14-39-15-13-23)37(35-29)28-10-11-28/h4-7,16-18,21,23,27-28,38H,8-15,19-20H2,1-3H3/t32-/m0/s1. The molecule has 3 aromatic rings. The second-order valence-corrected chi connectivity index (χ2v) is 13.0. The summed E-state index contributed by atoms with van der Waals surface area (Å²) in [6.45, 7) is 9.98. The van der Waals surface area contributed by atoms with Crippen LogP contribution >= 0.6 is 0 Å². The average Bonchev–Trinajstić information content (AvgIpc) is 3.89. The molecule has 4 aliphatic rings. The van der Waals surface area contributed by atoms with Crippen LogP contribution in [0, 0.1) is 5.41 Å². The zero-order valence-corrected chi connectivity index (χ0v) is 23.5. The number of aromatic nitrogens is 4. The molecular weight excluding hydrogens is 486 g/mol. The van der Waals surface area contributed by atoms with Gasteiger partial charge in [0.1, 0.15) is 11.4 Å². The first-order valence-corrected chi connectivity index (χ1v) is 14.9. The molecule has 39 heavy (non-hydrogen) atoms. The number of ether oxygens (including phenoxy) is 1. The molecule has 0 unspecified atom stereocenters. The predicted molar refractivity (Wildman–Crippen MR) is 151 cm³/mol. The Morgan fingerprint density at radius 2 is 1.64 bits per heavy atom. The quantitative estimate of drug-likeness (QED) is 0.422. The first-order chi connectivity index (χ1) is 18.9. The number of hydrogen-bond acceptors (Lipinski definition) is 6. The highest BCUT2D eigenvalue weighted by molar-refractivity contribution is 5.56. The molecule has 206 valence electrons. The Morgan fingerprint density at radius 3 is 2.28 bits per heavy atom. The highest BCUT2D eigenvalue weighted by atomic mass is 16.5. The van der Waals surface area contributed by atoms with Crippen LogP contribution in [0.2, 0.25) is 0 Å². The van der Waals surface area contributed by atoms with Gasteiger partial charge >= 0.3 is 0 Å². The first kappa shape index (κ1) is 25.4. The number of nitrogens with zero attached hydrogens (tertiary/aromatic N) is 5. The monoisotopic (exact) mass is 527 g/mol. The number of likely N-dealkylation sites (tertiary alicyclic amines) is 1. The summed E-state index contributed by atoms with van der Waals surface area (Å²) < 4.78 is 7.80. The van der Waals surface area contributed by atoms with Crippen molar-refractivity contribution in [1.29, 1.82) is 0 Å². The highest BCUT2D eigenvalue weighted by Gasteiger charge is 2.58. The van der Waals surface area contributed by atoms with Crippen molar-refractivity contribution in [3.63, 3.8) is 0 Å². The van der Waals surface area contributed by atoms with Crippen LogP contribution in [0.15, 0.2) is 42.7 Å². The Bertz CT molecular complexity index is 1330. The van der Waals surface area contributed by atoms with Crippen LogP contribution in [0.4, 0.5) is 0 Å². The molecule has 0 bridgehead atoms. The van der Waals surface area contributed by atoms with Gasteiger partial charge in [-0.1, -0.05) is 45.0 Å². The van der Waals surface area contributed by atoms with Crippen LogP contribution in [0.25, 0.3) is 11.4 Å². The Balaban J connectivity index is 1.28. The molecule has 4 heterocycles. The fourth-order valence-electron chi connectivity index (χ4n) is 6.79. The molecule has 1 N–H and O–H groups in total. The van der Waals surface area contributed by atoms with Crippen molar-refractivity contribution in [2.75, 3.05) is 26.3 Å². The van der Waals surface area contributed by atoms with E-state index in [2.05, 4.69) is 65.7 Å². The van der Waals surface area contributed by atoms with Crippen molar-refractivity contribution >= 4 is 0 Å². The normalized spacial score (nSPS) is 23.5. The van der Waals surface area contributed by atoms with E-state index in [1.54, 1.807) is 0 Å². The van der Waals surface area contributed by atoms with Gasteiger partial charge in [-0.25, -0.2) is 9.67 Å². The largest absolute Gasteiger partial charge is 0.381 e. The summed E-state index contributed by atoms with van der Waals surface area (Å²) in [5.41, 5.74) is 2.43. The van der Waals surface area contributed by atoms with Gasteiger partial charge in [0, 0.05) is 67.2 Å². The molecule has 0 radical (unpaired) electrons. The maximum absolute atomic E-state index is 12.8. The van der Waals surface area contributed by atoms with Gasteiger partial charge in [-0.3, -0.25) is 9.88 Å². The molecule has 2 saturated carbocycles. The minimum Gasteiger partial charge on any atom is -0.381 e. The molecule has 2 aromatic heterocycles. The van der Waals surface area contributed by atoms with E-state index in [0.29, 0.717) is 29.7 Å². The molecular formula is C32H41N5O2. The average molecular weight is 528 g/mol. The molecule has 2 saturated heterocycles. The van der Waals surface area contributed by atoms with E-state index in [1.807, 2.05) is 12.4 Å². The van der Waals surface area contributed by atoms with E-state index < -0.39 is 5.60 Å². The van der Waals surface area contributed by atoms with Crippen LogP contribution < -0.4 is 0 Å². The van der Waals surface area contributed by atoms with Gasteiger partial charge in [0.2, 0.25) is 0 Å². The van der Waals surface area contributed by atoms with Crippen LogP contribution in [-0.2, 0) is 10.3 Å². The lowest BCUT2D eigenvalue weighted by Gasteiger charge is -2.57.